The topological polar surface area (TPSA) is 61.6 Å². The van der Waals surface area contributed by atoms with E-state index in [9.17, 15) is 10.1 Å². The van der Waals surface area contributed by atoms with Crippen LogP contribution in [0.4, 0.5) is 5.69 Å². The van der Waals surface area contributed by atoms with Crippen molar-refractivity contribution >= 4 is 5.69 Å². The molecule has 0 N–H and O–H groups in total. The average molecular weight is 195 g/mol. The lowest BCUT2D eigenvalue weighted by Crippen LogP contribution is -2.38. The fourth-order valence-electron chi connectivity index (χ4n) is 1.14. The molecule has 0 aliphatic carbocycles. The molecule has 1 heterocycles. The molecule has 1 aliphatic heterocycles. The predicted molar refractivity (Wildman–Crippen MR) is 48.3 cm³/mol. The Bertz CT molecular complexity index is 348. The van der Waals surface area contributed by atoms with Gasteiger partial charge in [0, 0.05) is 6.07 Å². The second kappa shape index (κ2) is 3.63. The van der Waals surface area contributed by atoms with Crippen molar-refractivity contribution in [1.29, 1.82) is 0 Å². The lowest BCUT2D eigenvalue weighted by molar-refractivity contribution is -0.385. The van der Waals surface area contributed by atoms with Crippen LogP contribution in [-0.2, 0) is 4.74 Å². The third kappa shape index (κ3) is 1.82. The molecule has 1 aliphatic rings. The second-order valence-corrected chi connectivity index (χ2v) is 3.03. The summed E-state index contributed by atoms with van der Waals surface area (Å²) in [6.07, 6.45) is 0.0389. The minimum Gasteiger partial charge on any atom is -0.485 e. The highest BCUT2D eigenvalue weighted by Crippen LogP contribution is 2.21. The van der Waals surface area contributed by atoms with E-state index in [1.54, 1.807) is 12.1 Å². The molecule has 1 saturated heterocycles. The summed E-state index contributed by atoms with van der Waals surface area (Å²) in [5, 5.41) is 10.4. The molecule has 0 spiro atoms. The zero-order chi connectivity index (χ0) is 9.97. The van der Waals surface area contributed by atoms with Crippen molar-refractivity contribution in [2.24, 2.45) is 0 Å². The van der Waals surface area contributed by atoms with Gasteiger partial charge in [0.1, 0.15) is 11.9 Å². The molecule has 0 aromatic heterocycles. The van der Waals surface area contributed by atoms with Crippen LogP contribution in [0.2, 0.25) is 0 Å². The zero-order valence-corrected chi connectivity index (χ0v) is 7.38. The molecule has 5 nitrogen and oxygen atoms in total. The maximum absolute atomic E-state index is 10.4. The van der Waals surface area contributed by atoms with E-state index in [4.69, 9.17) is 9.47 Å². The maximum Gasteiger partial charge on any atom is 0.273 e. The molecule has 14 heavy (non-hydrogen) atoms. The molecule has 0 bridgehead atoms. The molecular weight excluding hydrogens is 186 g/mol. The Morgan fingerprint density at radius 2 is 2.29 bits per heavy atom. The monoisotopic (exact) mass is 195 g/mol. The second-order valence-electron chi connectivity index (χ2n) is 3.03. The third-order valence-corrected chi connectivity index (χ3v) is 1.94. The minimum absolute atomic E-state index is 0.0389. The van der Waals surface area contributed by atoms with Gasteiger partial charge >= 0.3 is 0 Å². The summed E-state index contributed by atoms with van der Waals surface area (Å²) in [6.45, 7) is 1.12. The third-order valence-electron chi connectivity index (χ3n) is 1.94. The van der Waals surface area contributed by atoms with E-state index in [1.807, 2.05) is 0 Å². The van der Waals surface area contributed by atoms with Gasteiger partial charge in [-0.15, -0.1) is 0 Å². The van der Waals surface area contributed by atoms with E-state index in [0.717, 1.165) is 0 Å². The molecule has 0 radical (unpaired) electrons. The van der Waals surface area contributed by atoms with E-state index in [0.29, 0.717) is 19.0 Å². The first-order valence-electron chi connectivity index (χ1n) is 4.24. The maximum atomic E-state index is 10.4. The quantitative estimate of drug-likeness (QED) is 0.539. The van der Waals surface area contributed by atoms with Crippen molar-refractivity contribution in [1.82, 2.24) is 0 Å². The van der Waals surface area contributed by atoms with Crippen molar-refractivity contribution < 1.29 is 14.4 Å². The van der Waals surface area contributed by atoms with Crippen LogP contribution in [0, 0.1) is 10.1 Å². The summed E-state index contributed by atoms with van der Waals surface area (Å²) < 4.78 is 10.3. The highest BCUT2D eigenvalue weighted by molar-refractivity contribution is 5.38. The van der Waals surface area contributed by atoms with Crippen LogP contribution in [0.5, 0.6) is 5.75 Å². The Balaban J connectivity index is 2.09. The summed E-state index contributed by atoms with van der Waals surface area (Å²) in [4.78, 5) is 10.0. The van der Waals surface area contributed by atoms with E-state index < -0.39 is 4.92 Å². The Hall–Kier alpha value is -1.62. The van der Waals surface area contributed by atoms with Gasteiger partial charge in [0.15, 0.2) is 0 Å². The Labute approximate surface area is 80.4 Å². The van der Waals surface area contributed by atoms with Crippen LogP contribution in [0.15, 0.2) is 24.3 Å². The fraction of sp³-hybridized carbons (Fsp3) is 0.333. The SMILES string of the molecule is O=[N+]([O-])c1cccc(OC2COC2)c1. The van der Waals surface area contributed by atoms with Crippen LogP contribution in [0.1, 0.15) is 0 Å². The standard InChI is InChI=1S/C9H9NO4/c11-10(12)7-2-1-3-8(4-7)14-9-5-13-6-9/h1-4,9H,5-6H2. The van der Waals surface area contributed by atoms with Crippen LogP contribution < -0.4 is 4.74 Å². The van der Waals surface area contributed by atoms with Crippen molar-refractivity contribution in [3.05, 3.63) is 34.4 Å². The van der Waals surface area contributed by atoms with Crippen LogP contribution >= 0.6 is 0 Å². The molecule has 74 valence electrons. The number of ether oxygens (including phenoxy) is 2. The van der Waals surface area contributed by atoms with Gasteiger partial charge in [0.2, 0.25) is 0 Å². The predicted octanol–water partition coefficient (Wildman–Crippen LogP) is 1.37. The smallest absolute Gasteiger partial charge is 0.273 e. The van der Waals surface area contributed by atoms with Crippen molar-refractivity contribution in [2.75, 3.05) is 13.2 Å². The normalized spacial score (nSPS) is 16.0. The highest BCUT2D eigenvalue weighted by atomic mass is 16.6. The number of nitrogens with zero attached hydrogens (tertiary/aromatic N) is 1. The number of rotatable bonds is 3. The van der Waals surface area contributed by atoms with E-state index in [-0.39, 0.29) is 11.8 Å². The van der Waals surface area contributed by atoms with Crippen LogP contribution in [-0.4, -0.2) is 24.2 Å². The lowest BCUT2D eigenvalue weighted by Gasteiger charge is -2.26. The molecule has 0 atom stereocenters. The van der Waals surface area contributed by atoms with Gasteiger partial charge in [-0.05, 0) is 6.07 Å². The largest absolute Gasteiger partial charge is 0.485 e. The Kier molecular flexibility index (Phi) is 2.32. The molecule has 1 aromatic rings. The summed E-state index contributed by atoms with van der Waals surface area (Å²) in [6, 6.07) is 6.15. The highest BCUT2D eigenvalue weighted by Gasteiger charge is 2.20. The number of hydrogen-bond acceptors (Lipinski definition) is 4. The summed E-state index contributed by atoms with van der Waals surface area (Å²) in [5.41, 5.74) is 0.0442. The molecule has 1 fully saturated rings. The van der Waals surface area contributed by atoms with E-state index >= 15 is 0 Å². The molecular formula is C9H9NO4. The molecule has 2 rings (SSSR count). The van der Waals surface area contributed by atoms with E-state index in [2.05, 4.69) is 0 Å². The van der Waals surface area contributed by atoms with Crippen molar-refractivity contribution in [3.63, 3.8) is 0 Å². The lowest BCUT2D eigenvalue weighted by atomic mass is 10.3. The van der Waals surface area contributed by atoms with Crippen LogP contribution in [0.3, 0.4) is 0 Å². The van der Waals surface area contributed by atoms with Gasteiger partial charge in [-0.25, -0.2) is 0 Å². The molecule has 0 unspecified atom stereocenters. The molecule has 1 aromatic carbocycles. The first-order valence-corrected chi connectivity index (χ1v) is 4.24. The number of benzene rings is 1. The van der Waals surface area contributed by atoms with Crippen molar-refractivity contribution in [3.8, 4) is 5.75 Å². The van der Waals surface area contributed by atoms with Gasteiger partial charge in [0.05, 0.1) is 24.2 Å². The van der Waals surface area contributed by atoms with Gasteiger partial charge in [-0.2, -0.15) is 0 Å². The Morgan fingerprint density at radius 3 is 2.86 bits per heavy atom. The fourth-order valence-corrected chi connectivity index (χ4v) is 1.14. The van der Waals surface area contributed by atoms with Gasteiger partial charge in [-0.3, -0.25) is 10.1 Å². The average Bonchev–Trinajstić information content (AvgIpc) is 2.12. The summed E-state index contributed by atoms with van der Waals surface area (Å²) in [7, 11) is 0. The number of non-ortho nitro benzene ring substituents is 1. The van der Waals surface area contributed by atoms with Gasteiger partial charge in [-0.1, -0.05) is 6.07 Å². The first kappa shape index (κ1) is 8.96. The zero-order valence-electron chi connectivity index (χ0n) is 7.38. The first-order chi connectivity index (χ1) is 6.75. The van der Waals surface area contributed by atoms with Gasteiger partial charge in [0.25, 0.3) is 5.69 Å². The molecule has 0 saturated carbocycles. The number of nitro groups is 1. The number of nitro benzene ring substituents is 1. The van der Waals surface area contributed by atoms with Gasteiger partial charge < -0.3 is 9.47 Å². The van der Waals surface area contributed by atoms with Crippen LogP contribution in [0.25, 0.3) is 0 Å². The Morgan fingerprint density at radius 1 is 1.50 bits per heavy atom. The minimum atomic E-state index is -0.440. The van der Waals surface area contributed by atoms with E-state index in [1.165, 1.54) is 12.1 Å². The summed E-state index contributed by atoms with van der Waals surface area (Å²) in [5.74, 6) is 0.521. The van der Waals surface area contributed by atoms with Crippen molar-refractivity contribution in [2.45, 2.75) is 6.10 Å². The number of hydrogen-bond donors (Lipinski definition) is 0. The molecule has 0 amide bonds. The summed E-state index contributed by atoms with van der Waals surface area (Å²) >= 11 is 0. The molecule has 5 heteroatoms.